The largest absolute Gasteiger partial charge is 0.497 e. The number of hydrogen-bond donors (Lipinski definition) is 1. The summed E-state index contributed by atoms with van der Waals surface area (Å²) in [5.74, 6) is 1.68. The molecule has 6 heteroatoms. The molecule has 5 nitrogen and oxygen atoms in total. The molecule has 0 bridgehead atoms. The van der Waals surface area contributed by atoms with Crippen molar-refractivity contribution < 1.29 is 19.0 Å². The molecule has 27 heavy (non-hydrogen) atoms. The molecule has 0 aliphatic rings. The first-order chi connectivity index (χ1) is 13.1. The van der Waals surface area contributed by atoms with Crippen LogP contribution >= 0.6 is 11.6 Å². The van der Waals surface area contributed by atoms with Crippen LogP contribution in [0.5, 0.6) is 17.2 Å². The van der Waals surface area contributed by atoms with E-state index in [4.69, 9.17) is 25.8 Å². The highest BCUT2D eigenvalue weighted by atomic mass is 35.5. The number of ether oxygens (including phenoxy) is 3. The molecule has 0 radical (unpaired) electrons. The average Bonchev–Trinajstić information content (AvgIpc) is 2.70. The van der Waals surface area contributed by atoms with Crippen LogP contribution in [0, 0.1) is 0 Å². The minimum atomic E-state index is -0.639. The van der Waals surface area contributed by atoms with Gasteiger partial charge in [0.2, 0.25) is 0 Å². The van der Waals surface area contributed by atoms with Crippen LogP contribution in [0.4, 0.5) is 10.5 Å². The fraction of sp³-hybridized carbons (Fsp3) is 0.0952. The molecular formula is C21H18ClNO4. The van der Waals surface area contributed by atoms with Crippen molar-refractivity contribution >= 4 is 23.4 Å². The average molecular weight is 384 g/mol. The summed E-state index contributed by atoms with van der Waals surface area (Å²) in [5.41, 5.74) is 1.51. The van der Waals surface area contributed by atoms with Crippen molar-refractivity contribution in [2.75, 3.05) is 12.4 Å². The quantitative estimate of drug-likeness (QED) is 0.607. The summed E-state index contributed by atoms with van der Waals surface area (Å²) in [4.78, 5) is 12.0. The van der Waals surface area contributed by atoms with E-state index in [-0.39, 0.29) is 0 Å². The predicted molar refractivity (Wildman–Crippen MR) is 105 cm³/mol. The maximum atomic E-state index is 12.0. The second kappa shape index (κ2) is 8.96. The highest BCUT2D eigenvalue weighted by Gasteiger charge is 2.09. The highest BCUT2D eigenvalue weighted by molar-refractivity contribution is 6.33. The Kier molecular flexibility index (Phi) is 6.18. The topological polar surface area (TPSA) is 56.8 Å². The van der Waals surface area contributed by atoms with Crippen LogP contribution in [0.25, 0.3) is 0 Å². The number of halogens is 1. The second-order valence-corrected chi connectivity index (χ2v) is 6.01. The first-order valence-corrected chi connectivity index (χ1v) is 8.61. The normalized spacial score (nSPS) is 10.1. The van der Waals surface area contributed by atoms with Gasteiger partial charge in [0, 0.05) is 6.07 Å². The van der Waals surface area contributed by atoms with E-state index in [0.717, 1.165) is 5.56 Å². The number of hydrogen-bond acceptors (Lipinski definition) is 4. The van der Waals surface area contributed by atoms with Gasteiger partial charge in [0.05, 0.1) is 17.8 Å². The van der Waals surface area contributed by atoms with Crippen molar-refractivity contribution in [2.24, 2.45) is 0 Å². The highest BCUT2D eigenvalue weighted by Crippen LogP contribution is 2.27. The van der Waals surface area contributed by atoms with E-state index < -0.39 is 6.09 Å². The lowest BCUT2D eigenvalue weighted by atomic mass is 10.2. The Bertz CT molecular complexity index is 898. The van der Waals surface area contributed by atoms with E-state index in [0.29, 0.717) is 34.6 Å². The number of carbonyl (C=O) groups is 1. The van der Waals surface area contributed by atoms with Crippen molar-refractivity contribution in [2.45, 2.75) is 6.61 Å². The zero-order chi connectivity index (χ0) is 19.1. The molecule has 0 fully saturated rings. The van der Waals surface area contributed by atoms with Crippen LogP contribution in [0.1, 0.15) is 5.56 Å². The summed E-state index contributed by atoms with van der Waals surface area (Å²) < 4.78 is 16.0. The summed E-state index contributed by atoms with van der Waals surface area (Å²) in [6.07, 6.45) is -0.639. The molecule has 0 spiro atoms. The lowest BCUT2D eigenvalue weighted by Crippen LogP contribution is -2.16. The molecule has 0 saturated carbocycles. The fourth-order valence-electron chi connectivity index (χ4n) is 2.31. The van der Waals surface area contributed by atoms with Gasteiger partial charge in [0.15, 0.2) is 0 Å². The van der Waals surface area contributed by atoms with Gasteiger partial charge in [0.1, 0.15) is 23.9 Å². The first-order valence-electron chi connectivity index (χ1n) is 8.23. The molecule has 0 unspecified atom stereocenters. The number of rotatable bonds is 6. The lowest BCUT2D eigenvalue weighted by molar-refractivity contribution is 0.215. The molecular weight excluding hydrogens is 366 g/mol. The van der Waals surface area contributed by atoms with Gasteiger partial charge in [-0.25, -0.2) is 4.79 Å². The third-order valence-corrected chi connectivity index (χ3v) is 4.01. The van der Waals surface area contributed by atoms with Crippen molar-refractivity contribution in [3.05, 3.63) is 83.4 Å². The maximum absolute atomic E-state index is 12.0. The zero-order valence-corrected chi connectivity index (χ0v) is 15.4. The van der Waals surface area contributed by atoms with Gasteiger partial charge in [-0.2, -0.15) is 0 Å². The minimum Gasteiger partial charge on any atom is -0.497 e. The van der Waals surface area contributed by atoms with E-state index in [1.807, 2.05) is 30.3 Å². The van der Waals surface area contributed by atoms with Crippen LogP contribution in [0.3, 0.4) is 0 Å². The maximum Gasteiger partial charge on any atom is 0.417 e. The molecule has 0 aliphatic heterocycles. The Labute approximate surface area is 162 Å². The van der Waals surface area contributed by atoms with Crippen LogP contribution < -0.4 is 19.5 Å². The monoisotopic (exact) mass is 383 g/mol. The first kappa shape index (κ1) is 18.6. The van der Waals surface area contributed by atoms with E-state index in [1.54, 1.807) is 49.6 Å². The second-order valence-electron chi connectivity index (χ2n) is 5.61. The Hall–Kier alpha value is -3.18. The molecule has 3 aromatic carbocycles. The van der Waals surface area contributed by atoms with Crippen LogP contribution in [-0.4, -0.2) is 13.2 Å². The number of methoxy groups -OCH3 is 1. The van der Waals surface area contributed by atoms with Crippen molar-refractivity contribution in [1.82, 2.24) is 0 Å². The number of amides is 1. The van der Waals surface area contributed by atoms with Gasteiger partial charge < -0.3 is 14.2 Å². The Morgan fingerprint density at radius 3 is 2.26 bits per heavy atom. The Morgan fingerprint density at radius 1 is 0.926 bits per heavy atom. The molecule has 3 rings (SSSR count). The van der Waals surface area contributed by atoms with E-state index in [9.17, 15) is 4.79 Å². The zero-order valence-electron chi connectivity index (χ0n) is 14.6. The van der Waals surface area contributed by atoms with Gasteiger partial charge in [-0.05, 0) is 42.0 Å². The number of anilines is 1. The molecule has 0 aliphatic carbocycles. The lowest BCUT2D eigenvalue weighted by Gasteiger charge is -2.10. The number of carbonyl (C=O) groups excluding carboxylic acids is 1. The standard InChI is InChI=1S/C21H18ClNO4/c1-25-18-11-12-20(19(22)13-18)23-21(24)27-17-9-7-16(8-10-17)26-14-15-5-3-2-4-6-15/h2-13H,14H2,1H3,(H,23,24). The van der Waals surface area contributed by atoms with E-state index in [1.165, 1.54) is 0 Å². The minimum absolute atomic E-state index is 0.357. The molecule has 3 aromatic rings. The van der Waals surface area contributed by atoms with Crippen molar-refractivity contribution in [1.29, 1.82) is 0 Å². The molecule has 0 heterocycles. The van der Waals surface area contributed by atoms with Crippen molar-refractivity contribution in [3.8, 4) is 17.2 Å². The van der Waals surface area contributed by atoms with Crippen LogP contribution in [-0.2, 0) is 6.61 Å². The summed E-state index contributed by atoms with van der Waals surface area (Å²) >= 11 is 6.09. The third-order valence-electron chi connectivity index (χ3n) is 3.70. The Morgan fingerprint density at radius 2 is 1.59 bits per heavy atom. The number of nitrogens with one attached hydrogen (secondary N) is 1. The Balaban J connectivity index is 1.54. The summed E-state index contributed by atoms with van der Waals surface area (Å²) in [6, 6.07) is 21.6. The summed E-state index contributed by atoms with van der Waals surface area (Å²) in [6.45, 7) is 0.470. The third kappa shape index (κ3) is 5.39. The molecule has 1 N–H and O–H groups in total. The van der Waals surface area contributed by atoms with Gasteiger partial charge in [-0.15, -0.1) is 0 Å². The SMILES string of the molecule is COc1ccc(NC(=O)Oc2ccc(OCc3ccccc3)cc2)c(Cl)c1. The van der Waals surface area contributed by atoms with Crippen LogP contribution in [0.15, 0.2) is 72.8 Å². The molecule has 0 atom stereocenters. The summed E-state index contributed by atoms with van der Waals surface area (Å²) in [7, 11) is 1.54. The van der Waals surface area contributed by atoms with E-state index >= 15 is 0 Å². The van der Waals surface area contributed by atoms with Gasteiger partial charge in [0.25, 0.3) is 0 Å². The van der Waals surface area contributed by atoms with Crippen LogP contribution in [0.2, 0.25) is 5.02 Å². The van der Waals surface area contributed by atoms with Gasteiger partial charge >= 0.3 is 6.09 Å². The van der Waals surface area contributed by atoms with E-state index in [2.05, 4.69) is 5.32 Å². The smallest absolute Gasteiger partial charge is 0.417 e. The molecule has 1 amide bonds. The molecule has 138 valence electrons. The van der Waals surface area contributed by atoms with Gasteiger partial charge in [-0.3, -0.25) is 5.32 Å². The molecule has 0 saturated heterocycles. The fourth-order valence-corrected chi connectivity index (χ4v) is 2.53. The van der Waals surface area contributed by atoms with Gasteiger partial charge in [-0.1, -0.05) is 41.9 Å². The van der Waals surface area contributed by atoms with Crippen molar-refractivity contribution in [3.63, 3.8) is 0 Å². The number of benzene rings is 3. The summed E-state index contributed by atoms with van der Waals surface area (Å²) in [5, 5.41) is 2.95. The predicted octanol–water partition coefficient (Wildman–Crippen LogP) is 5.54. The molecule has 0 aromatic heterocycles.